The van der Waals surface area contributed by atoms with Gasteiger partial charge in [0.1, 0.15) is 5.75 Å². The normalized spacial score (nSPS) is 15.2. The van der Waals surface area contributed by atoms with E-state index in [-0.39, 0.29) is 23.9 Å². The van der Waals surface area contributed by atoms with Crippen molar-refractivity contribution >= 4 is 16.7 Å². The number of hydrogen-bond acceptors (Lipinski definition) is 5. The summed E-state index contributed by atoms with van der Waals surface area (Å²) in [6.45, 7) is 2.57. The van der Waals surface area contributed by atoms with E-state index in [1.807, 2.05) is 24.3 Å². The Morgan fingerprint density at radius 2 is 1.83 bits per heavy atom. The van der Waals surface area contributed by atoms with Gasteiger partial charge in [-0.1, -0.05) is 30.3 Å². The van der Waals surface area contributed by atoms with E-state index in [2.05, 4.69) is 32.5 Å². The van der Waals surface area contributed by atoms with Crippen LogP contribution in [0.5, 0.6) is 5.75 Å². The topological polar surface area (TPSA) is 87.3 Å². The monoisotopic (exact) mass is 406 g/mol. The molecule has 0 unspecified atom stereocenters. The van der Waals surface area contributed by atoms with Crippen molar-refractivity contribution in [2.24, 2.45) is 0 Å². The van der Waals surface area contributed by atoms with E-state index >= 15 is 0 Å². The van der Waals surface area contributed by atoms with Crippen molar-refractivity contribution in [1.29, 1.82) is 0 Å². The highest BCUT2D eigenvalue weighted by atomic mass is 16.5. The molecule has 2 heterocycles. The largest absolute Gasteiger partial charge is 0.497 e. The van der Waals surface area contributed by atoms with Crippen molar-refractivity contribution in [2.75, 3.05) is 26.7 Å². The number of aromatic amines is 1. The first-order valence-corrected chi connectivity index (χ1v) is 10.3. The van der Waals surface area contributed by atoms with Gasteiger partial charge in [-0.2, -0.15) is 5.10 Å². The van der Waals surface area contributed by atoms with Crippen molar-refractivity contribution in [3.05, 3.63) is 70.1 Å². The Hall–Kier alpha value is -3.19. The van der Waals surface area contributed by atoms with Gasteiger partial charge in [0.25, 0.3) is 5.56 Å². The maximum absolute atomic E-state index is 12.7. The van der Waals surface area contributed by atoms with E-state index in [0.29, 0.717) is 23.0 Å². The number of amides is 1. The van der Waals surface area contributed by atoms with Gasteiger partial charge >= 0.3 is 0 Å². The second-order valence-corrected chi connectivity index (χ2v) is 7.56. The molecule has 4 rings (SSSR count). The molecule has 2 N–H and O–H groups in total. The maximum Gasteiger partial charge on any atom is 0.272 e. The third kappa shape index (κ3) is 4.36. The van der Waals surface area contributed by atoms with Crippen LogP contribution in [0.1, 0.15) is 30.1 Å². The predicted molar refractivity (Wildman–Crippen MR) is 116 cm³/mol. The Labute approximate surface area is 175 Å². The van der Waals surface area contributed by atoms with Crippen LogP contribution in [0, 0.1) is 0 Å². The van der Waals surface area contributed by atoms with Gasteiger partial charge < -0.3 is 10.1 Å². The third-order valence-corrected chi connectivity index (χ3v) is 5.68. The number of H-pyrrole nitrogens is 1. The van der Waals surface area contributed by atoms with E-state index in [9.17, 15) is 9.59 Å². The van der Waals surface area contributed by atoms with Crippen LogP contribution in [0.3, 0.4) is 0 Å². The first-order chi connectivity index (χ1) is 14.7. The molecule has 0 aliphatic carbocycles. The van der Waals surface area contributed by atoms with Crippen molar-refractivity contribution in [3.63, 3.8) is 0 Å². The lowest BCUT2D eigenvalue weighted by atomic mass is 10.0. The van der Waals surface area contributed by atoms with Gasteiger partial charge in [0.2, 0.25) is 5.91 Å². The summed E-state index contributed by atoms with van der Waals surface area (Å²) in [4.78, 5) is 27.1. The summed E-state index contributed by atoms with van der Waals surface area (Å²) in [7, 11) is 1.65. The van der Waals surface area contributed by atoms with Gasteiger partial charge in [-0.3, -0.25) is 14.5 Å². The van der Waals surface area contributed by atoms with Crippen LogP contribution >= 0.6 is 0 Å². The summed E-state index contributed by atoms with van der Waals surface area (Å²) in [5, 5.41) is 10.9. The Bertz CT molecular complexity index is 1070. The number of aromatic nitrogens is 2. The molecular formula is C23H26N4O3. The molecule has 1 aliphatic rings. The first kappa shape index (κ1) is 20.1. The smallest absolute Gasteiger partial charge is 0.272 e. The lowest BCUT2D eigenvalue weighted by molar-refractivity contribution is -0.120. The second-order valence-electron chi connectivity index (χ2n) is 7.56. The van der Waals surface area contributed by atoms with Crippen molar-refractivity contribution < 1.29 is 9.53 Å². The minimum atomic E-state index is -0.247. The van der Waals surface area contributed by atoms with Crippen LogP contribution in [0.15, 0.2) is 53.3 Å². The highest BCUT2D eigenvalue weighted by Crippen LogP contribution is 2.26. The minimum absolute atomic E-state index is 0.114. The molecule has 156 valence electrons. The number of methoxy groups -OCH3 is 1. The molecule has 1 aliphatic heterocycles. The molecule has 1 atom stereocenters. The number of nitrogens with zero attached hydrogens (tertiary/aromatic N) is 2. The highest BCUT2D eigenvalue weighted by Gasteiger charge is 2.24. The van der Waals surface area contributed by atoms with Crippen LogP contribution in [-0.4, -0.2) is 47.7 Å². The molecule has 0 spiro atoms. The number of hydrogen-bond donors (Lipinski definition) is 2. The molecule has 0 radical (unpaired) electrons. The number of ether oxygens (including phenoxy) is 1. The van der Waals surface area contributed by atoms with E-state index in [1.165, 1.54) is 12.8 Å². The summed E-state index contributed by atoms with van der Waals surface area (Å²) in [6, 6.07) is 15.4. The van der Waals surface area contributed by atoms with Crippen LogP contribution in [0.4, 0.5) is 0 Å². The van der Waals surface area contributed by atoms with E-state index in [0.717, 1.165) is 24.4 Å². The number of likely N-dealkylation sites (tertiary alicyclic amines) is 1. The number of carbonyl (C=O) groups is 1. The summed E-state index contributed by atoms with van der Waals surface area (Å²) in [5.41, 5.74) is 1.49. The number of carbonyl (C=O) groups excluding carboxylic acids is 1. The summed E-state index contributed by atoms with van der Waals surface area (Å²) in [5.74, 6) is 0.705. The van der Waals surface area contributed by atoms with Crippen LogP contribution < -0.4 is 15.6 Å². The van der Waals surface area contributed by atoms with E-state index in [4.69, 9.17) is 4.74 Å². The zero-order valence-electron chi connectivity index (χ0n) is 17.1. The average molecular weight is 406 g/mol. The minimum Gasteiger partial charge on any atom is -0.497 e. The predicted octanol–water partition coefficient (Wildman–Crippen LogP) is 2.43. The third-order valence-electron chi connectivity index (χ3n) is 5.68. The molecule has 0 saturated carbocycles. The molecule has 1 saturated heterocycles. The zero-order chi connectivity index (χ0) is 20.9. The average Bonchev–Trinajstić information content (AvgIpc) is 3.31. The summed E-state index contributed by atoms with van der Waals surface area (Å²) in [6.07, 6.45) is 2.47. The van der Waals surface area contributed by atoms with Crippen LogP contribution in [-0.2, 0) is 11.2 Å². The molecule has 1 fully saturated rings. The molecule has 1 amide bonds. The highest BCUT2D eigenvalue weighted by molar-refractivity contribution is 5.88. The van der Waals surface area contributed by atoms with Gasteiger partial charge in [-0.25, -0.2) is 5.10 Å². The quantitative estimate of drug-likeness (QED) is 0.629. The fourth-order valence-electron chi connectivity index (χ4n) is 4.07. The maximum atomic E-state index is 12.7. The fourth-order valence-corrected chi connectivity index (χ4v) is 4.07. The van der Waals surface area contributed by atoms with Gasteiger partial charge in [0.15, 0.2) is 0 Å². The van der Waals surface area contributed by atoms with Crippen molar-refractivity contribution in [2.45, 2.75) is 25.3 Å². The Morgan fingerprint density at radius 1 is 1.13 bits per heavy atom. The molecule has 1 aromatic heterocycles. The molecule has 7 nitrogen and oxygen atoms in total. The molecule has 30 heavy (non-hydrogen) atoms. The number of fused-ring (bicyclic) bond motifs is 1. The second kappa shape index (κ2) is 9.09. The number of nitrogens with one attached hydrogen (secondary N) is 2. The molecular weight excluding hydrogens is 380 g/mol. The van der Waals surface area contributed by atoms with Gasteiger partial charge in [0.05, 0.1) is 30.7 Å². The number of rotatable bonds is 7. The SMILES string of the molecule is COc1ccc([C@@H](CNC(=O)Cc2n[nH]c(=O)c3ccccc23)N2CCCC2)cc1. The van der Waals surface area contributed by atoms with Gasteiger partial charge in [0, 0.05) is 11.9 Å². The Morgan fingerprint density at radius 3 is 2.53 bits per heavy atom. The van der Waals surface area contributed by atoms with Crippen LogP contribution in [0.25, 0.3) is 10.8 Å². The molecule has 2 aromatic carbocycles. The van der Waals surface area contributed by atoms with Gasteiger partial charge in [-0.15, -0.1) is 0 Å². The van der Waals surface area contributed by atoms with Crippen molar-refractivity contribution in [1.82, 2.24) is 20.4 Å². The fraction of sp³-hybridized carbons (Fsp3) is 0.348. The molecule has 3 aromatic rings. The van der Waals surface area contributed by atoms with Crippen LogP contribution in [0.2, 0.25) is 0 Å². The number of benzene rings is 2. The Kier molecular flexibility index (Phi) is 6.09. The molecule has 7 heteroatoms. The van der Waals surface area contributed by atoms with Gasteiger partial charge in [-0.05, 0) is 49.7 Å². The van der Waals surface area contributed by atoms with E-state index < -0.39 is 0 Å². The summed E-state index contributed by atoms with van der Waals surface area (Å²) >= 11 is 0. The lowest BCUT2D eigenvalue weighted by Gasteiger charge is -2.28. The van der Waals surface area contributed by atoms with E-state index in [1.54, 1.807) is 19.2 Å². The standard InChI is InChI=1S/C23H26N4O3/c1-30-17-10-8-16(9-11-17)21(27-12-4-5-13-27)15-24-22(28)14-20-18-6-2-3-7-19(18)23(29)26-25-20/h2-3,6-11,21H,4-5,12-15H2,1H3,(H,24,28)(H,26,29)/t21-/m1/s1. The zero-order valence-corrected chi connectivity index (χ0v) is 17.1. The lowest BCUT2D eigenvalue weighted by Crippen LogP contribution is -2.37. The Balaban J connectivity index is 1.47. The first-order valence-electron chi connectivity index (χ1n) is 10.3. The summed E-state index contributed by atoms with van der Waals surface area (Å²) < 4.78 is 5.27. The molecule has 0 bridgehead atoms. The van der Waals surface area contributed by atoms with Crippen molar-refractivity contribution in [3.8, 4) is 5.75 Å².